The van der Waals surface area contributed by atoms with Gasteiger partial charge in [-0.3, -0.25) is 0 Å². The first-order valence-corrected chi connectivity index (χ1v) is 8.61. The van der Waals surface area contributed by atoms with Gasteiger partial charge in [0.2, 0.25) is 0 Å². The normalized spacial score (nSPS) is 46.4. The number of hydrogen-bond donors (Lipinski definition) is 0. The molecule has 0 nitrogen and oxygen atoms in total. The predicted molar refractivity (Wildman–Crippen MR) is 87.5 cm³/mol. The highest BCUT2D eigenvalue weighted by molar-refractivity contribution is 5.21. The van der Waals surface area contributed by atoms with Crippen LogP contribution in [0.1, 0.15) is 66.7 Å². The smallest absolute Gasteiger partial charge is 0.0116 e. The molecular formula is C20H32. The summed E-state index contributed by atoms with van der Waals surface area (Å²) >= 11 is 0. The zero-order chi connectivity index (χ0) is 14.7. The van der Waals surface area contributed by atoms with Gasteiger partial charge in [-0.15, -0.1) is 0 Å². The van der Waals surface area contributed by atoms with Gasteiger partial charge in [0.15, 0.2) is 0 Å². The van der Waals surface area contributed by atoms with Gasteiger partial charge in [0, 0.05) is 0 Å². The van der Waals surface area contributed by atoms with E-state index in [0.717, 1.165) is 23.7 Å². The van der Waals surface area contributed by atoms with Crippen LogP contribution in [-0.2, 0) is 0 Å². The zero-order valence-corrected chi connectivity index (χ0v) is 14.1. The van der Waals surface area contributed by atoms with Crippen LogP contribution in [-0.4, -0.2) is 0 Å². The fourth-order valence-electron chi connectivity index (χ4n) is 6.19. The van der Waals surface area contributed by atoms with Gasteiger partial charge < -0.3 is 0 Å². The average Bonchev–Trinajstić information content (AvgIpc) is 2.71. The molecule has 5 unspecified atom stereocenters. The maximum Gasteiger partial charge on any atom is -0.0116 e. The Morgan fingerprint density at radius 2 is 1.85 bits per heavy atom. The van der Waals surface area contributed by atoms with Crippen LogP contribution in [0.4, 0.5) is 0 Å². The standard InChI is InChI=1S/C20H32/c1-13(2)16-9-10-18-15-8-7-14(3)19(4,5)17(15)11-12-20(16,18)6/h7,15-18H,1,8-12H2,2-6H3. The van der Waals surface area contributed by atoms with Crippen molar-refractivity contribution in [1.29, 1.82) is 0 Å². The fraction of sp³-hybridized carbons (Fsp3) is 0.800. The Kier molecular flexibility index (Phi) is 3.23. The lowest BCUT2D eigenvalue weighted by Gasteiger charge is -2.55. The molecule has 20 heavy (non-hydrogen) atoms. The van der Waals surface area contributed by atoms with Gasteiger partial charge in [-0.1, -0.05) is 44.6 Å². The highest BCUT2D eigenvalue weighted by Gasteiger charge is 2.56. The molecule has 112 valence electrons. The monoisotopic (exact) mass is 272 g/mol. The van der Waals surface area contributed by atoms with Gasteiger partial charge in [-0.25, -0.2) is 0 Å². The molecule has 2 fully saturated rings. The van der Waals surface area contributed by atoms with Crippen LogP contribution in [0.2, 0.25) is 0 Å². The van der Waals surface area contributed by atoms with E-state index < -0.39 is 0 Å². The Bertz CT molecular complexity index is 453. The van der Waals surface area contributed by atoms with Crippen LogP contribution in [0, 0.1) is 34.5 Å². The van der Waals surface area contributed by atoms with E-state index in [1.54, 1.807) is 5.57 Å². The van der Waals surface area contributed by atoms with Gasteiger partial charge in [-0.2, -0.15) is 0 Å². The third-order valence-electron chi connectivity index (χ3n) is 7.67. The third kappa shape index (κ3) is 1.79. The minimum absolute atomic E-state index is 0.422. The second kappa shape index (κ2) is 4.49. The van der Waals surface area contributed by atoms with E-state index in [2.05, 4.69) is 47.3 Å². The number of allylic oxidation sites excluding steroid dienone is 3. The lowest BCUT2D eigenvalue weighted by molar-refractivity contribution is -0.0225. The topological polar surface area (TPSA) is 0 Å². The van der Waals surface area contributed by atoms with Crippen LogP contribution in [0.25, 0.3) is 0 Å². The summed E-state index contributed by atoms with van der Waals surface area (Å²) in [6.07, 6.45) is 9.58. The summed E-state index contributed by atoms with van der Waals surface area (Å²) < 4.78 is 0. The first-order chi connectivity index (χ1) is 9.28. The van der Waals surface area contributed by atoms with Crippen molar-refractivity contribution in [3.05, 3.63) is 23.8 Å². The van der Waals surface area contributed by atoms with Crippen molar-refractivity contribution in [1.82, 2.24) is 0 Å². The van der Waals surface area contributed by atoms with E-state index in [4.69, 9.17) is 0 Å². The Morgan fingerprint density at radius 1 is 1.15 bits per heavy atom. The lowest BCUT2D eigenvalue weighted by atomic mass is 9.49. The van der Waals surface area contributed by atoms with Crippen LogP contribution in [0.5, 0.6) is 0 Å². The minimum atomic E-state index is 0.422. The third-order valence-corrected chi connectivity index (χ3v) is 7.67. The predicted octanol–water partition coefficient (Wildman–Crippen LogP) is 6.00. The maximum atomic E-state index is 4.31. The second-order valence-corrected chi connectivity index (χ2v) is 8.74. The number of rotatable bonds is 1. The summed E-state index contributed by atoms with van der Waals surface area (Å²) in [5, 5.41) is 0. The molecule has 0 heterocycles. The van der Waals surface area contributed by atoms with Crippen molar-refractivity contribution in [2.24, 2.45) is 34.5 Å². The Labute approximate surface area is 125 Å². The molecule has 0 radical (unpaired) electrons. The summed E-state index contributed by atoms with van der Waals surface area (Å²) in [4.78, 5) is 0. The SMILES string of the molecule is C=C(C)C1CCC2C3CC=C(C)C(C)(C)C3CCC12C. The Balaban J connectivity index is 1.94. The average molecular weight is 272 g/mol. The number of hydrogen-bond acceptors (Lipinski definition) is 0. The van der Waals surface area contributed by atoms with Crippen LogP contribution >= 0.6 is 0 Å². The molecule has 0 aromatic rings. The first-order valence-electron chi connectivity index (χ1n) is 8.61. The maximum absolute atomic E-state index is 4.31. The Morgan fingerprint density at radius 3 is 2.50 bits per heavy atom. The molecule has 5 atom stereocenters. The highest BCUT2D eigenvalue weighted by atomic mass is 14.6. The summed E-state index contributed by atoms with van der Waals surface area (Å²) in [6, 6.07) is 0. The molecule has 0 aromatic heterocycles. The van der Waals surface area contributed by atoms with Gasteiger partial charge in [-0.05, 0) is 80.5 Å². The molecule has 3 rings (SSSR count). The van der Waals surface area contributed by atoms with E-state index in [-0.39, 0.29) is 0 Å². The van der Waals surface area contributed by atoms with Crippen molar-refractivity contribution in [3.8, 4) is 0 Å². The van der Waals surface area contributed by atoms with E-state index in [9.17, 15) is 0 Å². The molecule has 0 saturated heterocycles. The van der Waals surface area contributed by atoms with E-state index in [1.165, 1.54) is 37.7 Å². The molecule has 0 aromatic carbocycles. The molecule has 2 saturated carbocycles. The Hall–Kier alpha value is -0.520. The van der Waals surface area contributed by atoms with Gasteiger partial charge in [0.05, 0.1) is 0 Å². The van der Waals surface area contributed by atoms with Gasteiger partial charge in [0.25, 0.3) is 0 Å². The van der Waals surface area contributed by atoms with Crippen molar-refractivity contribution < 1.29 is 0 Å². The molecule has 0 aliphatic heterocycles. The van der Waals surface area contributed by atoms with Crippen molar-refractivity contribution in [2.75, 3.05) is 0 Å². The summed E-state index contributed by atoms with van der Waals surface area (Å²) in [7, 11) is 0. The molecule has 0 heteroatoms. The molecule has 3 aliphatic carbocycles. The van der Waals surface area contributed by atoms with Crippen molar-refractivity contribution in [3.63, 3.8) is 0 Å². The van der Waals surface area contributed by atoms with E-state index in [1.807, 2.05) is 0 Å². The molecule has 0 N–H and O–H groups in total. The summed E-state index contributed by atoms with van der Waals surface area (Å²) in [5.74, 6) is 3.56. The van der Waals surface area contributed by atoms with Gasteiger partial charge in [0.1, 0.15) is 0 Å². The zero-order valence-electron chi connectivity index (χ0n) is 14.1. The molecular weight excluding hydrogens is 240 g/mol. The highest BCUT2D eigenvalue weighted by Crippen LogP contribution is 2.65. The van der Waals surface area contributed by atoms with Crippen LogP contribution < -0.4 is 0 Å². The lowest BCUT2D eigenvalue weighted by Crippen LogP contribution is -2.47. The molecule has 0 spiro atoms. The first kappa shape index (κ1) is 14.4. The van der Waals surface area contributed by atoms with E-state index >= 15 is 0 Å². The number of fused-ring (bicyclic) bond motifs is 3. The minimum Gasteiger partial charge on any atom is -0.0998 e. The van der Waals surface area contributed by atoms with Crippen LogP contribution in [0.3, 0.4) is 0 Å². The second-order valence-electron chi connectivity index (χ2n) is 8.74. The van der Waals surface area contributed by atoms with Crippen LogP contribution in [0.15, 0.2) is 23.8 Å². The molecule has 0 bridgehead atoms. The molecule has 3 aliphatic rings. The van der Waals surface area contributed by atoms with Gasteiger partial charge >= 0.3 is 0 Å². The fourth-order valence-corrected chi connectivity index (χ4v) is 6.19. The van der Waals surface area contributed by atoms with E-state index in [0.29, 0.717) is 10.8 Å². The largest absolute Gasteiger partial charge is 0.0998 e. The molecule has 0 amide bonds. The quantitative estimate of drug-likeness (QED) is 0.514. The summed E-state index contributed by atoms with van der Waals surface area (Å²) in [6.45, 7) is 16.5. The van der Waals surface area contributed by atoms with Crippen molar-refractivity contribution in [2.45, 2.75) is 66.7 Å². The summed E-state index contributed by atoms with van der Waals surface area (Å²) in [5.41, 5.74) is 4.04. The van der Waals surface area contributed by atoms with Crippen molar-refractivity contribution >= 4 is 0 Å².